The Balaban J connectivity index is 2.58. The summed E-state index contributed by atoms with van der Waals surface area (Å²) in [7, 11) is 1.69. The maximum absolute atomic E-state index is 5.53. The van der Waals surface area contributed by atoms with Crippen LogP contribution in [0.15, 0.2) is 28.7 Å². The second-order valence-electron chi connectivity index (χ2n) is 2.92. The molecule has 1 unspecified atom stereocenters. The minimum atomic E-state index is 0.126. The van der Waals surface area contributed by atoms with E-state index in [2.05, 4.69) is 28.1 Å². The molecule has 0 amide bonds. The zero-order chi connectivity index (χ0) is 9.68. The number of hydrogen-bond acceptors (Lipinski definition) is 2. The normalized spacial score (nSPS) is 12.8. The van der Waals surface area contributed by atoms with Gasteiger partial charge in [0.25, 0.3) is 0 Å². The largest absolute Gasteiger partial charge is 0.380 e. The van der Waals surface area contributed by atoms with Gasteiger partial charge in [-0.15, -0.1) is 0 Å². The van der Waals surface area contributed by atoms with Gasteiger partial charge in [-0.2, -0.15) is 0 Å². The number of methoxy groups -OCH3 is 1. The molecule has 0 bridgehead atoms. The SMILES string of the molecule is COC(CN)Cc1ccc(Br)cc1. The quantitative estimate of drug-likeness (QED) is 0.878. The van der Waals surface area contributed by atoms with Gasteiger partial charge in [0.2, 0.25) is 0 Å². The van der Waals surface area contributed by atoms with Crippen LogP contribution in [0.25, 0.3) is 0 Å². The van der Waals surface area contributed by atoms with Crippen LogP contribution in [-0.2, 0) is 11.2 Å². The van der Waals surface area contributed by atoms with Gasteiger partial charge in [0.1, 0.15) is 0 Å². The summed E-state index contributed by atoms with van der Waals surface area (Å²) in [6, 6.07) is 8.20. The summed E-state index contributed by atoms with van der Waals surface area (Å²) in [5.41, 5.74) is 6.78. The molecule has 72 valence electrons. The van der Waals surface area contributed by atoms with E-state index in [1.807, 2.05) is 12.1 Å². The molecule has 0 fully saturated rings. The lowest BCUT2D eigenvalue weighted by Crippen LogP contribution is -2.24. The molecule has 2 nitrogen and oxygen atoms in total. The summed E-state index contributed by atoms with van der Waals surface area (Å²) in [5.74, 6) is 0. The maximum Gasteiger partial charge on any atom is 0.0733 e. The van der Waals surface area contributed by atoms with Crippen molar-refractivity contribution in [3.05, 3.63) is 34.3 Å². The molecule has 0 aliphatic heterocycles. The van der Waals surface area contributed by atoms with E-state index in [4.69, 9.17) is 10.5 Å². The number of benzene rings is 1. The highest BCUT2D eigenvalue weighted by molar-refractivity contribution is 9.10. The fraction of sp³-hybridized carbons (Fsp3) is 0.400. The summed E-state index contributed by atoms with van der Waals surface area (Å²) in [6.45, 7) is 0.562. The van der Waals surface area contributed by atoms with Crippen LogP contribution < -0.4 is 5.73 Å². The van der Waals surface area contributed by atoms with Crippen LogP contribution in [0.3, 0.4) is 0 Å². The third-order valence-corrected chi connectivity index (χ3v) is 2.50. The Bertz CT molecular complexity index is 244. The van der Waals surface area contributed by atoms with Crippen molar-refractivity contribution in [1.82, 2.24) is 0 Å². The molecule has 1 aromatic carbocycles. The van der Waals surface area contributed by atoms with E-state index in [1.165, 1.54) is 5.56 Å². The third-order valence-electron chi connectivity index (χ3n) is 1.97. The molecule has 0 radical (unpaired) electrons. The second kappa shape index (κ2) is 5.37. The minimum Gasteiger partial charge on any atom is -0.380 e. The predicted molar refractivity (Wildman–Crippen MR) is 57.7 cm³/mol. The Morgan fingerprint density at radius 1 is 1.38 bits per heavy atom. The average molecular weight is 244 g/mol. The second-order valence-corrected chi connectivity index (χ2v) is 3.84. The molecule has 1 rings (SSSR count). The summed E-state index contributed by atoms with van der Waals surface area (Å²) >= 11 is 3.39. The molecule has 1 atom stereocenters. The van der Waals surface area contributed by atoms with Crippen molar-refractivity contribution >= 4 is 15.9 Å². The first-order valence-corrected chi connectivity index (χ1v) is 5.03. The fourth-order valence-corrected chi connectivity index (χ4v) is 1.41. The number of rotatable bonds is 4. The third kappa shape index (κ3) is 3.46. The molecule has 0 saturated heterocycles. The van der Waals surface area contributed by atoms with Crippen molar-refractivity contribution in [3.63, 3.8) is 0 Å². The van der Waals surface area contributed by atoms with Gasteiger partial charge in [0.15, 0.2) is 0 Å². The summed E-state index contributed by atoms with van der Waals surface area (Å²) in [4.78, 5) is 0. The van der Waals surface area contributed by atoms with Crippen LogP contribution >= 0.6 is 15.9 Å². The van der Waals surface area contributed by atoms with Crippen LogP contribution in [0.2, 0.25) is 0 Å². The molecule has 3 heteroatoms. The van der Waals surface area contributed by atoms with E-state index >= 15 is 0 Å². The van der Waals surface area contributed by atoms with Gasteiger partial charge < -0.3 is 10.5 Å². The van der Waals surface area contributed by atoms with Crippen LogP contribution in [0.4, 0.5) is 0 Å². The Hall–Kier alpha value is -0.380. The predicted octanol–water partition coefficient (Wildman–Crippen LogP) is 1.97. The maximum atomic E-state index is 5.53. The van der Waals surface area contributed by atoms with Crippen LogP contribution in [0.1, 0.15) is 5.56 Å². The Morgan fingerprint density at radius 3 is 2.46 bits per heavy atom. The van der Waals surface area contributed by atoms with E-state index in [9.17, 15) is 0 Å². The van der Waals surface area contributed by atoms with Crippen molar-refractivity contribution in [3.8, 4) is 0 Å². The first-order chi connectivity index (χ1) is 6.26. The average Bonchev–Trinajstić information content (AvgIpc) is 2.17. The van der Waals surface area contributed by atoms with Crippen molar-refractivity contribution in [2.24, 2.45) is 5.73 Å². The highest BCUT2D eigenvalue weighted by atomic mass is 79.9. The Kier molecular flexibility index (Phi) is 4.42. The van der Waals surface area contributed by atoms with E-state index in [-0.39, 0.29) is 6.10 Å². The molecular formula is C10H14BrNO. The monoisotopic (exact) mass is 243 g/mol. The van der Waals surface area contributed by atoms with Crippen LogP contribution in [0, 0.1) is 0 Å². The number of hydrogen-bond donors (Lipinski definition) is 1. The highest BCUT2D eigenvalue weighted by Gasteiger charge is 2.05. The Labute approximate surface area is 87.2 Å². The molecular weight excluding hydrogens is 230 g/mol. The molecule has 2 N–H and O–H groups in total. The molecule has 13 heavy (non-hydrogen) atoms. The van der Waals surface area contributed by atoms with Gasteiger partial charge in [-0.05, 0) is 24.1 Å². The fourth-order valence-electron chi connectivity index (χ4n) is 1.15. The van der Waals surface area contributed by atoms with Gasteiger partial charge in [-0.3, -0.25) is 0 Å². The van der Waals surface area contributed by atoms with Crippen LogP contribution in [0.5, 0.6) is 0 Å². The summed E-state index contributed by atoms with van der Waals surface area (Å²) < 4.78 is 6.29. The molecule has 0 saturated carbocycles. The van der Waals surface area contributed by atoms with Gasteiger partial charge >= 0.3 is 0 Å². The summed E-state index contributed by atoms with van der Waals surface area (Å²) in [5, 5.41) is 0. The zero-order valence-corrected chi connectivity index (χ0v) is 9.25. The van der Waals surface area contributed by atoms with E-state index in [1.54, 1.807) is 7.11 Å². The van der Waals surface area contributed by atoms with Gasteiger partial charge in [-0.1, -0.05) is 28.1 Å². The zero-order valence-electron chi connectivity index (χ0n) is 7.66. The number of halogens is 1. The topological polar surface area (TPSA) is 35.2 Å². The van der Waals surface area contributed by atoms with Crippen molar-refractivity contribution < 1.29 is 4.74 Å². The van der Waals surface area contributed by atoms with Crippen LogP contribution in [-0.4, -0.2) is 19.8 Å². The molecule has 1 aromatic rings. The Morgan fingerprint density at radius 2 is 2.00 bits per heavy atom. The standard InChI is InChI=1S/C10H14BrNO/c1-13-10(7-12)6-8-2-4-9(11)5-3-8/h2-5,10H,6-7,12H2,1H3. The molecule has 0 aromatic heterocycles. The molecule has 0 spiro atoms. The first-order valence-electron chi connectivity index (χ1n) is 4.23. The number of nitrogens with two attached hydrogens (primary N) is 1. The van der Waals surface area contributed by atoms with Crippen molar-refractivity contribution in [2.45, 2.75) is 12.5 Å². The summed E-state index contributed by atoms with van der Waals surface area (Å²) in [6.07, 6.45) is 1.00. The molecule has 0 heterocycles. The van der Waals surface area contributed by atoms with Gasteiger partial charge in [0, 0.05) is 18.1 Å². The highest BCUT2D eigenvalue weighted by Crippen LogP contribution is 2.12. The van der Waals surface area contributed by atoms with E-state index in [0.29, 0.717) is 6.54 Å². The lowest BCUT2D eigenvalue weighted by molar-refractivity contribution is 0.110. The number of ether oxygens (including phenoxy) is 1. The minimum absolute atomic E-state index is 0.126. The molecule has 0 aliphatic rings. The molecule has 0 aliphatic carbocycles. The van der Waals surface area contributed by atoms with E-state index < -0.39 is 0 Å². The lowest BCUT2D eigenvalue weighted by atomic mass is 10.1. The van der Waals surface area contributed by atoms with Crippen molar-refractivity contribution in [2.75, 3.05) is 13.7 Å². The van der Waals surface area contributed by atoms with Gasteiger partial charge in [-0.25, -0.2) is 0 Å². The smallest absolute Gasteiger partial charge is 0.0733 e. The lowest BCUT2D eigenvalue weighted by Gasteiger charge is -2.12. The van der Waals surface area contributed by atoms with Crippen molar-refractivity contribution in [1.29, 1.82) is 0 Å². The first kappa shape index (κ1) is 10.7. The van der Waals surface area contributed by atoms with E-state index in [0.717, 1.165) is 10.9 Å². The van der Waals surface area contributed by atoms with Gasteiger partial charge in [0.05, 0.1) is 6.10 Å².